The second kappa shape index (κ2) is 10.2. The fourth-order valence-electron chi connectivity index (χ4n) is 3.14. The van der Waals surface area contributed by atoms with E-state index in [1.807, 2.05) is 0 Å². The Balaban J connectivity index is 1.47. The van der Waals surface area contributed by atoms with Crippen molar-refractivity contribution in [3.8, 4) is 5.75 Å². The van der Waals surface area contributed by atoms with Crippen LogP contribution in [0.1, 0.15) is 0 Å². The van der Waals surface area contributed by atoms with Crippen LogP contribution in [0.5, 0.6) is 5.75 Å². The minimum atomic E-state index is -3.50. The van der Waals surface area contributed by atoms with Crippen LogP contribution in [0, 0.1) is 0 Å². The summed E-state index contributed by atoms with van der Waals surface area (Å²) >= 11 is 0. The second-order valence-corrected chi connectivity index (χ2v) is 8.63. The number of nitrogens with one attached hydrogen (secondary N) is 1. The van der Waals surface area contributed by atoms with E-state index in [1.54, 1.807) is 36.3 Å². The van der Waals surface area contributed by atoms with Crippen molar-refractivity contribution < 1.29 is 27.4 Å². The first kappa shape index (κ1) is 21.8. The molecule has 0 saturated carbocycles. The fourth-order valence-corrected chi connectivity index (χ4v) is 4.70. The van der Waals surface area contributed by atoms with E-state index in [2.05, 4.69) is 5.32 Å². The van der Waals surface area contributed by atoms with Crippen molar-refractivity contribution in [1.29, 1.82) is 0 Å². The number of carbonyl (C=O) groups excluding carboxylic acids is 1. The predicted molar refractivity (Wildman–Crippen MR) is 107 cm³/mol. The minimum Gasteiger partial charge on any atom is -0.491 e. The Morgan fingerprint density at radius 2 is 1.62 bits per heavy atom. The number of carbonyl (C=O) groups is 1. The Hall–Kier alpha value is -1.92. The maximum absolute atomic E-state index is 12.7. The molecule has 0 aromatic heterocycles. The Kier molecular flexibility index (Phi) is 7.67. The van der Waals surface area contributed by atoms with Gasteiger partial charge in [0.1, 0.15) is 12.4 Å². The molecule has 2 aliphatic rings. The predicted octanol–water partition coefficient (Wildman–Crippen LogP) is 0.438. The maximum Gasteiger partial charge on any atom is 0.321 e. The smallest absolute Gasteiger partial charge is 0.321 e. The maximum atomic E-state index is 12.7. The summed E-state index contributed by atoms with van der Waals surface area (Å²) in [6.07, 6.45) is 0. The molecule has 2 aliphatic heterocycles. The van der Waals surface area contributed by atoms with Crippen LogP contribution in [-0.2, 0) is 19.7 Å². The SMILES string of the molecule is COCCOc1ccc(NC(=O)N2CCN(S(=O)(=O)N3CCOCC3)CC2)cc1. The first-order valence-corrected chi connectivity index (χ1v) is 11.0. The van der Waals surface area contributed by atoms with Crippen LogP contribution < -0.4 is 10.1 Å². The lowest BCUT2D eigenvalue weighted by Gasteiger charge is -2.37. The van der Waals surface area contributed by atoms with E-state index in [-0.39, 0.29) is 19.1 Å². The Labute approximate surface area is 171 Å². The highest BCUT2D eigenvalue weighted by molar-refractivity contribution is 7.86. The number of morpholine rings is 1. The van der Waals surface area contributed by atoms with Crippen molar-refractivity contribution in [2.75, 3.05) is 78.1 Å². The van der Waals surface area contributed by atoms with Crippen molar-refractivity contribution in [2.45, 2.75) is 0 Å². The van der Waals surface area contributed by atoms with Gasteiger partial charge in [0.2, 0.25) is 0 Å². The van der Waals surface area contributed by atoms with Crippen molar-refractivity contribution in [3.63, 3.8) is 0 Å². The number of rotatable bonds is 7. The fraction of sp³-hybridized carbons (Fsp3) is 0.611. The summed E-state index contributed by atoms with van der Waals surface area (Å²) < 4.78 is 43.9. The molecule has 2 saturated heterocycles. The average Bonchev–Trinajstić information content (AvgIpc) is 2.76. The quantitative estimate of drug-likeness (QED) is 0.633. The Morgan fingerprint density at radius 1 is 1.00 bits per heavy atom. The van der Waals surface area contributed by atoms with Gasteiger partial charge in [-0.05, 0) is 24.3 Å². The highest BCUT2D eigenvalue weighted by Crippen LogP contribution is 2.18. The highest BCUT2D eigenvalue weighted by Gasteiger charge is 2.34. The van der Waals surface area contributed by atoms with Gasteiger partial charge in [-0.1, -0.05) is 0 Å². The van der Waals surface area contributed by atoms with Crippen molar-refractivity contribution >= 4 is 21.9 Å². The van der Waals surface area contributed by atoms with Gasteiger partial charge < -0.3 is 24.4 Å². The van der Waals surface area contributed by atoms with E-state index in [0.29, 0.717) is 64.0 Å². The molecule has 0 spiro atoms. The highest BCUT2D eigenvalue weighted by atomic mass is 32.2. The Bertz CT molecular complexity index is 759. The van der Waals surface area contributed by atoms with Gasteiger partial charge in [-0.3, -0.25) is 0 Å². The van der Waals surface area contributed by atoms with E-state index in [1.165, 1.54) is 8.61 Å². The lowest BCUT2D eigenvalue weighted by Crippen LogP contribution is -2.56. The zero-order valence-corrected chi connectivity index (χ0v) is 17.4. The number of nitrogens with zero attached hydrogens (tertiary/aromatic N) is 3. The van der Waals surface area contributed by atoms with Gasteiger partial charge in [-0.25, -0.2) is 4.79 Å². The second-order valence-electron chi connectivity index (χ2n) is 6.70. The average molecular weight is 429 g/mol. The zero-order chi connectivity index (χ0) is 20.7. The summed E-state index contributed by atoms with van der Waals surface area (Å²) in [5, 5.41) is 2.83. The van der Waals surface area contributed by atoms with Gasteiger partial charge in [-0.2, -0.15) is 17.0 Å². The molecule has 29 heavy (non-hydrogen) atoms. The van der Waals surface area contributed by atoms with Crippen molar-refractivity contribution in [3.05, 3.63) is 24.3 Å². The number of methoxy groups -OCH3 is 1. The topological polar surface area (TPSA) is 101 Å². The number of anilines is 1. The minimum absolute atomic E-state index is 0.249. The summed E-state index contributed by atoms with van der Waals surface area (Å²) in [5.41, 5.74) is 0.650. The van der Waals surface area contributed by atoms with E-state index in [4.69, 9.17) is 14.2 Å². The molecule has 2 amide bonds. The molecule has 0 unspecified atom stereocenters. The van der Waals surface area contributed by atoms with Crippen LogP contribution in [-0.4, -0.2) is 101 Å². The third kappa shape index (κ3) is 5.80. The van der Waals surface area contributed by atoms with Crippen LogP contribution in [0.2, 0.25) is 0 Å². The Morgan fingerprint density at radius 3 is 2.24 bits per heavy atom. The number of piperazine rings is 1. The van der Waals surface area contributed by atoms with Gasteiger partial charge in [0.25, 0.3) is 10.2 Å². The molecule has 3 rings (SSSR count). The summed E-state index contributed by atoms with van der Waals surface area (Å²) in [5.74, 6) is 0.696. The van der Waals surface area contributed by atoms with Gasteiger partial charge >= 0.3 is 6.03 Å². The first-order chi connectivity index (χ1) is 14.0. The number of ether oxygens (including phenoxy) is 3. The van der Waals surface area contributed by atoms with E-state index in [0.717, 1.165) is 0 Å². The van der Waals surface area contributed by atoms with Gasteiger partial charge in [-0.15, -0.1) is 0 Å². The molecule has 0 bridgehead atoms. The van der Waals surface area contributed by atoms with Crippen LogP contribution in [0.15, 0.2) is 24.3 Å². The van der Waals surface area contributed by atoms with E-state index >= 15 is 0 Å². The molecule has 2 fully saturated rings. The largest absolute Gasteiger partial charge is 0.491 e. The zero-order valence-electron chi connectivity index (χ0n) is 16.6. The summed E-state index contributed by atoms with van der Waals surface area (Å²) in [4.78, 5) is 14.1. The number of amides is 2. The molecule has 10 nitrogen and oxygen atoms in total. The van der Waals surface area contributed by atoms with Crippen LogP contribution in [0.3, 0.4) is 0 Å². The molecule has 1 aromatic carbocycles. The standard InChI is InChI=1S/C18H28N4O6S/c1-26-14-15-28-17-4-2-16(3-5-17)19-18(23)20-6-8-21(9-7-20)29(24,25)22-10-12-27-13-11-22/h2-5H,6-15H2,1H3,(H,19,23). The summed E-state index contributed by atoms with van der Waals surface area (Å²) in [6.45, 7) is 3.77. The lowest BCUT2D eigenvalue weighted by atomic mass is 10.3. The third-order valence-corrected chi connectivity index (χ3v) is 6.85. The number of benzene rings is 1. The van der Waals surface area contributed by atoms with E-state index < -0.39 is 10.2 Å². The number of hydrogen-bond donors (Lipinski definition) is 1. The van der Waals surface area contributed by atoms with Crippen molar-refractivity contribution in [1.82, 2.24) is 13.5 Å². The van der Waals surface area contributed by atoms with Crippen LogP contribution in [0.25, 0.3) is 0 Å². The summed E-state index contributed by atoms with van der Waals surface area (Å²) in [6, 6.07) is 6.83. The number of urea groups is 1. The van der Waals surface area contributed by atoms with Gasteiger partial charge in [0.15, 0.2) is 0 Å². The first-order valence-electron chi connectivity index (χ1n) is 9.61. The summed E-state index contributed by atoms with van der Waals surface area (Å²) in [7, 11) is -1.89. The lowest BCUT2D eigenvalue weighted by molar-refractivity contribution is 0.0691. The normalized spacial score (nSPS) is 19.1. The third-order valence-electron chi connectivity index (χ3n) is 4.81. The van der Waals surface area contributed by atoms with Gasteiger partial charge in [0, 0.05) is 52.1 Å². The van der Waals surface area contributed by atoms with Crippen molar-refractivity contribution in [2.24, 2.45) is 0 Å². The number of hydrogen-bond acceptors (Lipinski definition) is 6. The molecule has 1 N–H and O–H groups in total. The molecular weight excluding hydrogens is 400 g/mol. The van der Waals surface area contributed by atoms with Crippen LogP contribution in [0.4, 0.5) is 10.5 Å². The molecule has 0 atom stereocenters. The van der Waals surface area contributed by atoms with Gasteiger partial charge in [0.05, 0.1) is 19.8 Å². The monoisotopic (exact) mass is 428 g/mol. The molecule has 0 radical (unpaired) electrons. The molecular formula is C18H28N4O6S. The van der Waals surface area contributed by atoms with E-state index in [9.17, 15) is 13.2 Å². The molecule has 0 aliphatic carbocycles. The molecule has 162 valence electrons. The molecule has 11 heteroatoms. The molecule has 2 heterocycles. The molecule has 1 aromatic rings. The van der Waals surface area contributed by atoms with Crippen LogP contribution >= 0.6 is 0 Å².